The Kier molecular flexibility index (Phi) is 4.61. The standard InChI is InChI=1S/C14H18F2N2O/c1-18(11-4-6-17-7-5-11)9-14(19)10-2-3-12(15)13(16)8-10/h2-3,8,11,17H,4-7,9H2,1H3. The van der Waals surface area contributed by atoms with Crippen LogP contribution >= 0.6 is 0 Å². The summed E-state index contributed by atoms with van der Waals surface area (Å²) in [5.74, 6) is -2.08. The van der Waals surface area contributed by atoms with Gasteiger partial charge in [-0.25, -0.2) is 8.78 Å². The molecule has 0 aliphatic carbocycles. The zero-order valence-corrected chi connectivity index (χ0v) is 11.0. The predicted molar refractivity (Wildman–Crippen MR) is 69.2 cm³/mol. The molecule has 1 N–H and O–H groups in total. The smallest absolute Gasteiger partial charge is 0.176 e. The van der Waals surface area contributed by atoms with Crippen molar-refractivity contribution in [2.45, 2.75) is 18.9 Å². The van der Waals surface area contributed by atoms with E-state index in [1.54, 1.807) is 0 Å². The average molecular weight is 268 g/mol. The van der Waals surface area contributed by atoms with Crippen LogP contribution in [0.3, 0.4) is 0 Å². The molecule has 1 aromatic carbocycles. The highest BCUT2D eigenvalue weighted by Gasteiger charge is 2.20. The van der Waals surface area contributed by atoms with E-state index in [-0.39, 0.29) is 17.9 Å². The number of carbonyl (C=O) groups is 1. The van der Waals surface area contributed by atoms with E-state index in [0.717, 1.165) is 38.1 Å². The molecule has 1 aliphatic rings. The van der Waals surface area contributed by atoms with Crippen molar-refractivity contribution in [3.8, 4) is 0 Å². The number of hydrogen-bond donors (Lipinski definition) is 1. The van der Waals surface area contributed by atoms with Crippen LogP contribution in [0.25, 0.3) is 0 Å². The van der Waals surface area contributed by atoms with Crippen LogP contribution in [0.1, 0.15) is 23.2 Å². The largest absolute Gasteiger partial charge is 0.317 e. The highest BCUT2D eigenvalue weighted by Crippen LogP contribution is 2.13. The molecule has 1 saturated heterocycles. The van der Waals surface area contributed by atoms with E-state index < -0.39 is 11.6 Å². The zero-order chi connectivity index (χ0) is 13.8. The van der Waals surface area contributed by atoms with Gasteiger partial charge in [-0.2, -0.15) is 0 Å². The molecule has 0 atom stereocenters. The third kappa shape index (κ3) is 3.58. The fraction of sp³-hybridized carbons (Fsp3) is 0.500. The summed E-state index contributed by atoms with van der Waals surface area (Å²) in [5, 5.41) is 3.27. The van der Waals surface area contributed by atoms with Crippen LogP contribution in [0.5, 0.6) is 0 Å². The van der Waals surface area contributed by atoms with Gasteiger partial charge in [-0.05, 0) is 51.2 Å². The summed E-state index contributed by atoms with van der Waals surface area (Å²) in [6, 6.07) is 3.66. The predicted octanol–water partition coefficient (Wildman–Crippen LogP) is 1.83. The molecule has 0 aromatic heterocycles. The maximum atomic E-state index is 13.1. The van der Waals surface area contributed by atoms with Gasteiger partial charge in [-0.3, -0.25) is 9.69 Å². The Morgan fingerprint density at radius 3 is 2.63 bits per heavy atom. The Hall–Kier alpha value is -1.33. The first kappa shape index (κ1) is 14.1. The SMILES string of the molecule is CN(CC(=O)c1ccc(F)c(F)c1)C1CCNCC1. The number of carbonyl (C=O) groups excluding carboxylic acids is 1. The van der Waals surface area contributed by atoms with Crippen molar-refractivity contribution in [1.82, 2.24) is 10.2 Å². The molecule has 0 bridgehead atoms. The van der Waals surface area contributed by atoms with E-state index in [2.05, 4.69) is 5.32 Å². The van der Waals surface area contributed by atoms with Gasteiger partial charge < -0.3 is 5.32 Å². The van der Waals surface area contributed by atoms with Crippen molar-refractivity contribution < 1.29 is 13.6 Å². The van der Waals surface area contributed by atoms with Crippen LogP contribution in [0.2, 0.25) is 0 Å². The minimum Gasteiger partial charge on any atom is -0.317 e. The van der Waals surface area contributed by atoms with Crippen molar-refractivity contribution in [1.29, 1.82) is 0 Å². The van der Waals surface area contributed by atoms with Crippen LogP contribution in [0.15, 0.2) is 18.2 Å². The average Bonchev–Trinajstić information content (AvgIpc) is 2.42. The molecule has 3 nitrogen and oxygen atoms in total. The van der Waals surface area contributed by atoms with Crippen LogP contribution in [0.4, 0.5) is 8.78 Å². The highest BCUT2D eigenvalue weighted by atomic mass is 19.2. The van der Waals surface area contributed by atoms with Crippen molar-refractivity contribution in [3.05, 3.63) is 35.4 Å². The molecule has 1 aliphatic heterocycles. The van der Waals surface area contributed by atoms with Crippen LogP contribution in [-0.2, 0) is 0 Å². The number of benzene rings is 1. The van der Waals surface area contributed by atoms with E-state index in [1.165, 1.54) is 6.07 Å². The molecule has 1 heterocycles. The van der Waals surface area contributed by atoms with Gasteiger partial charge in [0, 0.05) is 11.6 Å². The normalized spacial score (nSPS) is 16.8. The number of nitrogens with zero attached hydrogens (tertiary/aromatic N) is 1. The highest BCUT2D eigenvalue weighted by molar-refractivity contribution is 5.97. The Morgan fingerprint density at radius 1 is 1.32 bits per heavy atom. The van der Waals surface area contributed by atoms with Gasteiger partial charge in [0.2, 0.25) is 0 Å². The molecule has 5 heteroatoms. The summed E-state index contributed by atoms with van der Waals surface area (Å²) in [6.07, 6.45) is 2.00. The number of rotatable bonds is 4. The summed E-state index contributed by atoms with van der Waals surface area (Å²) in [5.41, 5.74) is 0.222. The third-order valence-electron chi connectivity index (χ3n) is 3.57. The van der Waals surface area contributed by atoms with Crippen molar-refractivity contribution in [3.63, 3.8) is 0 Å². The monoisotopic (exact) mass is 268 g/mol. The first-order valence-electron chi connectivity index (χ1n) is 6.47. The first-order valence-corrected chi connectivity index (χ1v) is 6.47. The maximum absolute atomic E-state index is 13.1. The van der Waals surface area contributed by atoms with Gasteiger partial charge in [-0.1, -0.05) is 0 Å². The van der Waals surface area contributed by atoms with Gasteiger partial charge in [0.05, 0.1) is 6.54 Å². The lowest BCUT2D eigenvalue weighted by Gasteiger charge is -2.31. The van der Waals surface area contributed by atoms with Crippen molar-refractivity contribution >= 4 is 5.78 Å². The van der Waals surface area contributed by atoms with E-state index in [9.17, 15) is 13.6 Å². The first-order chi connectivity index (χ1) is 9.08. The second kappa shape index (κ2) is 6.21. The molecule has 19 heavy (non-hydrogen) atoms. The maximum Gasteiger partial charge on any atom is 0.176 e. The van der Waals surface area contributed by atoms with E-state index in [1.807, 2.05) is 11.9 Å². The molecule has 2 rings (SSSR count). The summed E-state index contributed by atoms with van der Waals surface area (Å²) in [4.78, 5) is 14.0. The molecule has 1 fully saturated rings. The number of ketones is 1. The van der Waals surface area contributed by atoms with E-state index >= 15 is 0 Å². The number of piperidine rings is 1. The molecule has 0 spiro atoms. The second-order valence-electron chi connectivity index (χ2n) is 4.95. The Bertz CT molecular complexity index is 459. The topological polar surface area (TPSA) is 32.3 Å². The van der Waals surface area contributed by atoms with E-state index in [4.69, 9.17) is 0 Å². The fourth-order valence-electron chi connectivity index (χ4n) is 2.36. The molecule has 1 aromatic rings. The molecule has 0 amide bonds. The molecular weight excluding hydrogens is 250 g/mol. The van der Waals surface area contributed by atoms with Gasteiger partial charge in [0.25, 0.3) is 0 Å². The fourth-order valence-corrected chi connectivity index (χ4v) is 2.36. The Balaban J connectivity index is 1.97. The number of hydrogen-bond acceptors (Lipinski definition) is 3. The molecular formula is C14H18F2N2O. The molecule has 0 unspecified atom stereocenters. The minimum absolute atomic E-state index is 0.181. The number of nitrogens with one attached hydrogen (secondary N) is 1. The number of likely N-dealkylation sites (N-methyl/N-ethyl adjacent to an activating group) is 1. The third-order valence-corrected chi connectivity index (χ3v) is 3.57. The number of Topliss-reactive ketones (excluding diaryl/α,β-unsaturated/α-hetero) is 1. The molecule has 0 saturated carbocycles. The van der Waals surface area contributed by atoms with Crippen LogP contribution < -0.4 is 5.32 Å². The summed E-state index contributed by atoms with van der Waals surface area (Å²) < 4.78 is 25.9. The van der Waals surface area contributed by atoms with Gasteiger partial charge in [0.1, 0.15) is 0 Å². The lowest BCUT2D eigenvalue weighted by atomic mass is 10.0. The Morgan fingerprint density at radius 2 is 2.00 bits per heavy atom. The quantitative estimate of drug-likeness (QED) is 0.846. The van der Waals surface area contributed by atoms with Gasteiger partial charge in [0.15, 0.2) is 17.4 Å². The van der Waals surface area contributed by atoms with Gasteiger partial charge in [-0.15, -0.1) is 0 Å². The van der Waals surface area contributed by atoms with Crippen LogP contribution in [0, 0.1) is 11.6 Å². The lowest BCUT2D eigenvalue weighted by Crippen LogP contribution is -2.43. The summed E-state index contributed by atoms with van der Waals surface area (Å²) in [6.45, 7) is 2.14. The lowest BCUT2D eigenvalue weighted by molar-refractivity contribution is 0.0903. The zero-order valence-electron chi connectivity index (χ0n) is 11.0. The van der Waals surface area contributed by atoms with E-state index in [0.29, 0.717) is 6.04 Å². The summed E-state index contributed by atoms with van der Waals surface area (Å²) in [7, 11) is 1.90. The Labute approximate surface area is 111 Å². The van der Waals surface area contributed by atoms with Crippen LogP contribution in [-0.4, -0.2) is 43.4 Å². The summed E-state index contributed by atoms with van der Waals surface area (Å²) >= 11 is 0. The second-order valence-corrected chi connectivity index (χ2v) is 4.95. The van der Waals surface area contributed by atoms with Crippen molar-refractivity contribution in [2.75, 3.05) is 26.7 Å². The van der Waals surface area contributed by atoms with Crippen molar-refractivity contribution in [2.24, 2.45) is 0 Å². The van der Waals surface area contributed by atoms with Gasteiger partial charge >= 0.3 is 0 Å². The minimum atomic E-state index is -0.977. The molecule has 104 valence electrons. The number of halogens is 2. The molecule has 0 radical (unpaired) electrons.